The van der Waals surface area contributed by atoms with Crippen molar-refractivity contribution < 1.29 is 9.21 Å². The van der Waals surface area contributed by atoms with E-state index in [1.165, 1.54) is 6.42 Å². The molecule has 1 amide bonds. The van der Waals surface area contributed by atoms with Gasteiger partial charge in [0.2, 0.25) is 0 Å². The number of nitrogens with zero attached hydrogens (tertiary/aromatic N) is 2. The van der Waals surface area contributed by atoms with E-state index in [1.807, 2.05) is 49.4 Å². The second kappa shape index (κ2) is 7.80. The first kappa shape index (κ1) is 17.5. The summed E-state index contributed by atoms with van der Waals surface area (Å²) in [7, 11) is 0. The number of benzene rings is 1. The van der Waals surface area contributed by atoms with Crippen LogP contribution in [0.1, 0.15) is 29.0 Å². The number of amides is 1. The lowest BCUT2D eigenvalue weighted by molar-refractivity contribution is 0.0952. The minimum Gasteiger partial charge on any atom is -0.460 e. The fraction of sp³-hybridized carbons (Fsp3) is 0.333. The predicted octanol–water partition coefficient (Wildman–Crippen LogP) is 3.17. The number of aryl methyl sites for hydroxylation is 1. The lowest BCUT2D eigenvalue weighted by Crippen LogP contribution is -2.26. The van der Waals surface area contributed by atoms with Crippen molar-refractivity contribution in [3.63, 3.8) is 0 Å². The van der Waals surface area contributed by atoms with E-state index in [2.05, 4.69) is 15.7 Å². The highest BCUT2D eigenvalue weighted by Gasteiger charge is 2.21. The average molecular weight is 364 g/mol. The van der Waals surface area contributed by atoms with Crippen LogP contribution in [0.25, 0.3) is 17.1 Å². The zero-order valence-corrected chi connectivity index (χ0v) is 15.4. The maximum Gasteiger partial charge on any atom is 0.255 e. The van der Waals surface area contributed by atoms with Crippen LogP contribution in [0.5, 0.6) is 0 Å². The molecule has 1 unspecified atom stereocenters. The largest absolute Gasteiger partial charge is 0.460 e. The zero-order valence-electron chi connectivity index (χ0n) is 15.4. The van der Waals surface area contributed by atoms with E-state index in [-0.39, 0.29) is 5.91 Å². The summed E-state index contributed by atoms with van der Waals surface area (Å²) in [5, 5.41) is 11.0. The van der Waals surface area contributed by atoms with Crippen LogP contribution in [0.3, 0.4) is 0 Å². The molecule has 27 heavy (non-hydrogen) atoms. The number of rotatable bonds is 6. The van der Waals surface area contributed by atoms with Gasteiger partial charge in [-0.25, -0.2) is 4.68 Å². The van der Waals surface area contributed by atoms with Crippen molar-refractivity contribution in [3.8, 4) is 17.1 Å². The number of carbonyl (C=O) groups excluding carboxylic acids is 1. The Morgan fingerprint density at radius 1 is 1.30 bits per heavy atom. The van der Waals surface area contributed by atoms with Gasteiger partial charge in [0.15, 0.2) is 5.76 Å². The van der Waals surface area contributed by atoms with Gasteiger partial charge in [-0.15, -0.1) is 0 Å². The van der Waals surface area contributed by atoms with Crippen molar-refractivity contribution in [1.82, 2.24) is 20.4 Å². The number of furan rings is 1. The number of para-hydroxylation sites is 1. The summed E-state index contributed by atoms with van der Waals surface area (Å²) in [5.41, 5.74) is 1.99. The average Bonchev–Trinajstić information content (AvgIpc) is 3.42. The molecule has 1 aromatic carbocycles. The van der Waals surface area contributed by atoms with E-state index in [0.29, 0.717) is 29.5 Å². The number of nitrogens with one attached hydrogen (secondary N) is 2. The Morgan fingerprint density at radius 3 is 2.85 bits per heavy atom. The van der Waals surface area contributed by atoms with E-state index in [9.17, 15) is 4.79 Å². The van der Waals surface area contributed by atoms with Crippen LogP contribution in [0.2, 0.25) is 0 Å². The van der Waals surface area contributed by atoms with Gasteiger partial charge in [-0.2, -0.15) is 5.10 Å². The molecule has 0 radical (unpaired) electrons. The summed E-state index contributed by atoms with van der Waals surface area (Å²) in [4.78, 5) is 12.8. The van der Waals surface area contributed by atoms with Crippen LogP contribution < -0.4 is 10.6 Å². The molecular weight excluding hydrogens is 340 g/mol. The first-order valence-corrected chi connectivity index (χ1v) is 9.41. The van der Waals surface area contributed by atoms with E-state index in [0.717, 1.165) is 31.0 Å². The Hall–Kier alpha value is -2.86. The Labute approximate surface area is 158 Å². The smallest absolute Gasteiger partial charge is 0.255 e. The van der Waals surface area contributed by atoms with Gasteiger partial charge in [0.1, 0.15) is 11.5 Å². The van der Waals surface area contributed by atoms with Crippen molar-refractivity contribution in [2.24, 2.45) is 5.92 Å². The van der Waals surface area contributed by atoms with Crippen LogP contribution in [0, 0.1) is 12.8 Å². The molecule has 3 aromatic rings. The second-order valence-electron chi connectivity index (χ2n) is 6.99. The minimum absolute atomic E-state index is 0.118. The highest BCUT2D eigenvalue weighted by atomic mass is 16.3. The minimum atomic E-state index is -0.118. The Morgan fingerprint density at radius 2 is 2.15 bits per heavy atom. The summed E-state index contributed by atoms with van der Waals surface area (Å²) in [5.74, 6) is 1.92. The third kappa shape index (κ3) is 3.95. The molecule has 6 nitrogen and oxygen atoms in total. The molecule has 1 fully saturated rings. The molecule has 0 saturated carbocycles. The third-order valence-corrected chi connectivity index (χ3v) is 4.95. The molecule has 1 aliphatic heterocycles. The molecule has 6 heteroatoms. The lowest BCUT2D eigenvalue weighted by Gasteiger charge is -2.09. The first-order valence-electron chi connectivity index (χ1n) is 9.41. The van der Waals surface area contributed by atoms with Gasteiger partial charge in [-0.05, 0) is 63.0 Å². The van der Waals surface area contributed by atoms with Crippen LogP contribution in [-0.2, 0) is 0 Å². The Bertz CT molecular complexity index is 907. The van der Waals surface area contributed by atoms with Crippen molar-refractivity contribution in [3.05, 3.63) is 60.0 Å². The van der Waals surface area contributed by atoms with Gasteiger partial charge in [0.05, 0.1) is 11.3 Å². The summed E-state index contributed by atoms with van der Waals surface area (Å²) in [6.45, 7) is 4.66. The number of hydrogen-bond acceptors (Lipinski definition) is 4. The van der Waals surface area contributed by atoms with Crippen molar-refractivity contribution >= 4 is 5.91 Å². The van der Waals surface area contributed by atoms with Gasteiger partial charge in [-0.1, -0.05) is 18.2 Å². The molecule has 1 aliphatic rings. The van der Waals surface area contributed by atoms with E-state index >= 15 is 0 Å². The molecule has 1 atom stereocenters. The standard InChI is InChI=1S/C21H24N4O2/c1-15-7-8-19(27-15)20-18(14-25(24-20)17-5-3-2-4-6-17)21(26)23-12-10-16-9-11-22-13-16/h2-8,14,16,22H,9-13H2,1H3,(H,23,26). The quantitative estimate of drug-likeness (QED) is 0.705. The van der Waals surface area contributed by atoms with Gasteiger partial charge in [0, 0.05) is 12.7 Å². The molecule has 0 bridgehead atoms. The van der Waals surface area contributed by atoms with E-state index in [1.54, 1.807) is 10.9 Å². The molecule has 0 aliphatic carbocycles. The Balaban J connectivity index is 1.57. The van der Waals surface area contributed by atoms with Gasteiger partial charge >= 0.3 is 0 Å². The summed E-state index contributed by atoms with van der Waals surface area (Å²) < 4.78 is 7.46. The first-order chi connectivity index (χ1) is 13.2. The molecule has 2 aromatic heterocycles. The SMILES string of the molecule is Cc1ccc(-c2nn(-c3ccccc3)cc2C(=O)NCCC2CCNC2)o1. The normalized spacial score (nSPS) is 16.6. The highest BCUT2D eigenvalue weighted by Crippen LogP contribution is 2.25. The maximum atomic E-state index is 12.8. The summed E-state index contributed by atoms with van der Waals surface area (Å²) in [6, 6.07) is 13.5. The fourth-order valence-corrected chi connectivity index (χ4v) is 3.44. The van der Waals surface area contributed by atoms with E-state index < -0.39 is 0 Å². The summed E-state index contributed by atoms with van der Waals surface area (Å²) in [6.07, 6.45) is 3.94. The third-order valence-electron chi connectivity index (χ3n) is 4.95. The Kier molecular flexibility index (Phi) is 5.07. The van der Waals surface area contributed by atoms with Crippen LogP contribution in [0.4, 0.5) is 0 Å². The fourth-order valence-electron chi connectivity index (χ4n) is 3.44. The molecular formula is C21H24N4O2. The van der Waals surface area contributed by atoms with Crippen LogP contribution in [0.15, 0.2) is 53.1 Å². The van der Waals surface area contributed by atoms with Gasteiger partial charge < -0.3 is 15.1 Å². The lowest BCUT2D eigenvalue weighted by atomic mass is 10.1. The second-order valence-corrected chi connectivity index (χ2v) is 6.99. The van der Waals surface area contributed by atoms with Gasteiger partial charge in [0.25, 0.3) is 5.91 Å². The molecule has 4 rings (SSSR count). The monoisotopic (exact) mass is 364 g/mol. The number of aromatic nitrogens is 2. The van der Waals surface area contributed by atoms with Crippen LogP contribution in [-0.4, -0.2) is 35.3 Å². The van der Waals surface area contributed by atoms with E-state index in [4.69, 9.17) is 4.42 Å². The number of hydrogen-bond donors (Lipinski definition) is 2. The van der Waals surface area contributed by atoms with Crippen LogP contribution >= 0.6 is 0 Å². The molecule has 0 spiro atoms. The highest BCUT2D eigenvalue weighted by molar-refractivity contribution is 5.99. The van der Waals surface area contributed by atoms with Crippen molar-refractivity contribution in [2.75, 3.05) is 19.6 Å². The molecule has 3 heterocycles. The maximum absolute atomic E-state index is 12.8. The topological polar surface area (TPSA) is 72.1 Å². The zero-order chi connectivity index (χ0) is 18.6. The number of carbonyl (C=O) groups is 1. The van der Waals surface area contributed by atoms with Crippen molar-refractivity contribution in [2.45, 2.75) is 19.8 Å². The van der Waals surface area contributed by atoms with Crippen molar-refractivity contribution in [1.29, 1.82) is 0 Å². The predicted molar refractivity (Wildman–Crippen MR) is 104 cm³/mol. The molecule has 2 N–H and O–H groups in total. The van der Waals surface area contributed by atoms with Gasteiger partial charge in [-0.3, -0.25) is 4.79 Å². The summed E-state index contributed by atoms with van der Waals surface area (Å²) >= 11 is 0. The molecule has 1 saturated heterocycles. The molecule has 140 valence electrons.